The smallest absolute Gasteiger partial charge is 0.408 e. The molecule has 15 nitrogen and oxygen atoms in total. The lowest BCUT2D eigenvalue weighted by Crippen LogP contribution is -2.60. The van der Waals surface area contributed by atoms with Crippen LogP contribution in [-0.2, 0) is 28.7 Å². The highest BCUT2D eigenvalue weighted by Gasteiger charge is 2.34. The number of carbonyl (C=O) groups is 7. The van der Waals surface area contributed by atoms with Gasteiger partial charge in [0.15, 0.2) is 0 Å². The summed E-state index contributed by atoms with van der Waals surface area (Å²) in [6.07, 6.45) is -0.255. The number of rotatable bonds is 18. The maximum Gasteiger partial charge on any atom is 0.408 e. The molecule has 0 saturated heterocycles. The van der Waals surface area contributed by atoms with Gasteiger partial charge in [0.2, 0.25) is 23.6 Å². The molecule has 4 atom stereocenters. The molecule has 16 heteroatoms. The van der Waals surface area contributed by atoms with E-state index in [4.69, 9.17) is 9.47 Å². The van der Waals surface area contributed by atoms with Gasteiger partial charge in [0, 0.05) is 13.1 Å². The van der Waals surface area contributed by atoms with Crippen LogP contribution in [-0.4, -0.2) is 85.5 Å². The van der Waals surface area contributed by atoms with E-state index in [-0.39, 0.29) is 52.2 Å². The number of amides is 6. The molecule has 1 aromatic carbocycles. The number of hydrogen-bond acceptors (Lipinski definition) is 10. The molecule has 0 saturated carbocycles. The molecule has 1 heterocycles. The van der Waals surface area contributed by atoms with Crippen molar-refractivity contribution < 1.29 is 43.0 Å². The Balaban J connectivity index is 2.10. The summed E-state index contributed by atoms with van der Waals surface area (Å²) < 4.78 is 10.3. The maximum atomic E-state index is 13.5. The van der Waals surface area contributed by atoms with Crippen LogP contribution in [0.3, 0.4) is 0 Å². The van der Waals surface area contributed by atoms with Gasteiger partial charge in [-0.3, -0.25) is 24.0 Å². The minimum atomic E-state index is -1.03. The van der Waals surface area contributed by atoms with E-state index in [1.165, 1.54) is 7.11 Å². The summed E-state index contributed by atoms with van der Waals surface area (Å²) in [5, 5.41) is 16.6. The monoisotopic (exact) mass is 814 g/mol. The summed E-state index contributed by atoms with van der Waals surface area (Å²) >= 11 is 0.953. The number of nitrogens with one attached hydrogen (secondary N) is 6. The van der Waals surface area contributed by atoms with Crippen LogP contribution < -0.4 is 31.9 Å². The number of alkyl carbamates (subject to hydrolysis) is 1. The Kier molecular flexibility index (Phi) is 18.2. The molecule has 0 radical (unpaired) electrons. The van der Waals surface area contributed by atoms with Gasteiger partial charge in [0.1, 0.15) is 28.7 Å². The van der Waals surface area contributed by atoms with Gasteiger partial charge < -0.3 is 41.4 Å². The van der Waals surface area contributed by atoms with Crippen LogP contribution in [0, 0.1) is 31.6 Å². The fourth-order valence-electron chi connectivity index (χ4n) is 5.90. The molecule has 0 spiro atoms. The fraction of sp³-hybridized carbons (Fsp3) is 0.585. The molecule has 316 valence electrons. The minimum absolute atomic E-state index is 0.00690. The van der Waals surface area contributed by atoms with Crippen LogP contribution in [0.25, 0.3) is 0 Å². The predicted octanol–water partition coefficient (Wildman–Crippen LogP) is 4.96. The molecule has 0 aliphatic carbocycles. The summed E-state index contributed by atoms with van der Waals surface area (Å²) in [6, 6.07) is 4.63. The van der Waals surface area contributed by atoms with Crippen molar-refractivity contribution >= 4 is 57.9 Å². The third kappa shape index (κ3) is 14.2. The third-order valence-electron chi connectivity index (χ3n) is 8.97. The molecule has 0 bridgehead atoms. The molecule has 6 N–H and O–H groups in total. The topological polar surface area (TPSA) is 210 Å². The van der Waals surface area contributed by atoms with Gasteiger partial charge in [-0.1, -0.05) is 78.3 Å². The second-order valence-electron chi connectivity index (χ2n) is 16.0. The highest BCUT2D eigenvalue weighted by atomic mass is 32.1. The van der Waals surface area contributed by atoms with Gasteiger partial charge in [0.25, 0.3) is 5.91 Å². The number of aryl methyl sites for hydroxylation is 1. The average molecular weight is 815 g/mol. The second kappa shape index (κ2) is 21.5. The van der Waals surface area contributed by atoms with Crippen LogP contribution >= 0.6 is 11.3 Å². The Morgan fingerprint density at radius 2 is 1.26 bits per heavy atom. The number of carbonyl (C=O) groups excluding carboxylic acids is 7. The highest BCUT2D eigenvalue weighted by molar-refractivity contribution is 7.18. The number of benzene rings is 1. The molecule has 1 aromatic heterocycles. The fourth-order valence-corrected chi connectivity index (χ4v) is 7.02. The number of hydrogen-bond donors (Lipinski definition) is 6. The van der Waals surface area contributed by atoms with Crippen LogP contribution in [0.1, 0.15) is 118 Å². The van der Waals surface area contributed by atoms with Crippen LogP contribution in [0.15, 0.2) is 24.3 Å². The summed E-state index contributed by atoms with van der Waals surface area (Å²) in [4.78, 5) is 92.4. The quantitative estimate of drug-likeness (QED) is 0.0886. The van der Waals surface area contributed by atoms with E-state index in [0.717, 1.165) is 22.5 Å². The zero-order valence-corrected chi connectivity index (χ0v) is 36.4. The second-order valence-corrected chi connectivity index (χ2v) is 17.0. The maximum absolute atomic E-state index is 13.5. The van der Waals surface area contributed by atoms with E-state index in [0.29, 0.717) is 12.0 Å². The third-order valence-corrected chi connectivity index (χ3v) is 10.2. The first kappa shape index (κ1) is 48.2. The van der Waals surface area contributed by atoms with Gasteiger partial charge in [0.05, 0.1) is 23.5 Å². The molecule has 0 fully saturated rings. The Labute approximate surface area is 340 Å². The number of esters is 1. The highest BCUT2D eigenvalue weighted by Crippen LogP contribution is 2.35. The average Bonchev–Trinajstić information content (AvgIpc) is 3.43. The van der Waals surface area contributed by atoms with E-state index < -0.39 is 65.3 Å². The van der Waals surface area contributed by atoms with Crippen molar-refractivity contribution in [3.63, 3.8) is 0 Å². The molecule has 57 heavy (non-hydrogen) atoms. The Bertz CT molecular complexity index is 1760. The summed E-state index contributed by atoms with van der Waals surface area (Å²) in [5.74, 6) is -4.74. The van der Waals surface area contributed by atoms with Crippen molar-refractivity contribution in [1.29, 1.82) is 0 Å². The minimum Gasteiger partial charge on any atom is -0.465 e. The Morgan fingerprint density at radius 1 is 0.737 bits per heavy atom. The number of ether oxygens (including phenoxy) is 2. The molecule has 2 rings (SSSR count). The summed E-state index contributed by atoms with van der Waals surface area (Å²) in [5.41, 5.74) is 1.48. The lowest BCUT2D eigenvalue weighted by molar-refractivity contribution is -0.134. The first-order valence-electron chi connectivity index (χ1n) is 19.3. The van der Waals surface area contributed by atoms with Gasteiger partial charge >= 0.3 is 12.1 Å². The van der Waals surface area contributed by atoms with E-state index in [1.807, 2.05) is 38.1 Å². The van der Waals surface area contributed by atoms with Crippen molar-refractivity contribution in [2.75, 3.05) is 25.5 Å². The Hall–Kier alpha value is -4.99. The SMILES string of the molecule is CCC(C(=O)Nc1sc(C(=O)NCCNC(=O)[C@@H](NC(=O)[C@@H](NC(=O)[C@@H](NC(=O)OC(C)(C)C)C(C)C)C(C)C)C(C)C)c(C)c1C(=O)OC)c1cccc(C)c1. The number of methoxy groups -OCH3 is 1. The van der Waals surface area contributed by atoms with Gasteiger partial charge in [-0.2, -0.15) is 0 Å². The molecule has 0 aliphatic rings. The van der Waals surface area contributed by atoms with Crippen molar-refractivity contribution in [2.24, 2.45) is 17.8 Å². The van der Waals surface area contributed by atoms with Gasteiger partial charge in [-0.05, 0) is 69.9 Å². The Morgan fingerprint density at radius 3 is 1.75 bits per heavy atom. The molecular weight excluding hydrogens is 753 g/mol. The first-order valence-corrected chi connectivity index (χ1v) is 20.1. The lowest BCUT2D eigenvalue weighted by Gasteiger charge is -2.29. The zero-order chi connectivity index (χ0) is 43.4. The van der Waals surface area contributed by atoms with Gasteiger partial charge in [-0.15, -0.1) is 11.3 Å². The van der Waals surface area contributed by atoms with Crippen molar-refractivity contribution in [3.8, 4) is 0 Å². The van der Waals surface area contributed by atoms with Crippen LogP contribution in [0.4, 0.5) is 9.80 Å². The van der Waals surface area contributed by atoms with Gasteiger partial charge in [-0.25, -0.2) is 9.59 Å². The van der Waals surface area contributed by atoms with Crippen molar-refractivity contribution in [2.45, 2.75) is 119 Å². The molecule has 2 aromatic rings. The van der Waals surface area contributed by atoms with E-state index in [9.17, 15) is 33.6 Å². The summed E-state index contributed by atoms with van der Waals surface area (Å²) in [6.45, 7) is 21.1. The molecule has 0 aliphatic heterocycles. The largest absolute Gasteiger partial charge is 0.465 e. The van der Waals surface area contributed by atoms with Crippen LogP contribution in [0.5, 0.6) is 0 Å². The number of thiophene rings is 1. The predicted molar refractivity (Wildman–Crippen MR) is 220 cm³/mol. The normalized spacial score (nSPS) is 13.5. The lowest BCUT2D eigenvalue weighted by atomic mass is 9.94. The zero-order valence-electron chi connectivity index (χ0n) is 35.6. The standard InChI is InChI=1S/C41H62N6O9S/c1-14-27(26-17-15-16-24(8)20-26)33(48)47-38-28(39(53)55-13)25(9)32(57-38)37(52)43-19-18-42-34(49)29(21(2)3)44-35(50)30(22(4)5)45-36(51)31(23(6)7)46-40(54)56-41(10,11)12/h15-17,20-23,27,29-31H,14,18-19H2,1-13H3,(H,42,49)(H,43,52)(H,44,50)(H,45,51)(H,46,54)(H,47,48)/t27?,29-,30-,31-/m0/s1. The van der Waals surface area contributed by atoms with Crippen molar-refractivity contribution in [1.82, 2.24) is 26.6 Å². The van der Waals surface area contributed by atoms with E-state index in [2.05, 4.69) is 31.9 Å². The number of anilines is 1. The molecule has 6 amide bonds. The first-order chi connectivity index (χ1) is 26.5. The molecule has 1 unspecified atom stereocenters. The van der Waals surface area contributed by atoms with Crippen molar-refractivity contribution in [3.05, 3.63) is 51.4 Å². The van der Waals surface area contributed by atoms with E-state index >= 15 is 0 Å². The van der Waals surface area contributed by atoms with E-state index in [1.54, 1.807) is 69.2 Å². The molecular formula is C41H62N6O9S. The summed E-state index contributed by atoms with van der Waals surface area (Å²) in [7, 11) is 1.22. The van der Waals surface area contributed by atoms with Crippen LogP contribution in [0.2, 0.25) is 0 Å².